The predicted octanol–water partition coefficient (Wildman–Crippen LogP) is 3.45. The number of phenols is 1. The first kappa shape index (κ1) is 13.9. The molecule has 100 valence electrons. The van der Waals surface area contributed by atoms with Crippen LogP contribution in [0.3, 0.4) is 0 Å². The average Bonchev–Trinajstić information content (AvgIpc) is 2.43. The fourth-order valence-corrected chi connectivity index (χ4v) is 2.28. The number of aromatic hydroxyl groups is 1. The molecule has 0 atom stereocenters. The number of nitrogens with one attached hydrogen (secondary N) is 1. The lowest BCUT2D eigenvalue weighted by atomic mass is 10.2. The van der Waals surface area contributed by atoms with E-state index >= 15 is 0 Å². The number of halogens is 1. The van der Waals surface area contributed by atoms with E-state index in [-0.39, 0.29) is 5.75 Å². The Labute approximate surface area is 121 Å². The van der Waals surface area contributed by atoms with E-state index in [0.29, 0.717) is 4.47 Å². The Morgan fingerprint density at radius 3 is 2.68 bits per heavy atom. The number of methoxy groups -OCH3 is 1. The Kier molecular flexibility index (Phi) is 4.82. The van der Waals surface area contributed by atoms with Gasteiger partial charge in [-0.3, -0.25) is 0 Å². The molecule has 0 heterocycles. The standard InChI is InChI=1S/C15H16BrNO2/c1-19-15-5-3-2-4-12(15)10-17-9-11-6-7-14(18)13(16)8-11/h2-8,17-18H,9-10H2,1H3. The number of benzene rings is 2. The molecule has 0 bridgehead atoms. The normalized spacial score (nSPS) is 10.4. The van der Waals surface area contributed by atoms with Crippen molar-refractivity contribution in [1.29, 1.82) is 0 Å². The SMILES string of the molecule is COc1ccccc1CNCc1ccc(O)c(Br)c1. The van der Waals surface area contributed by atoms with E-state index in [0.717, 1.165) is 30.0 Å². The van der Waals surface area contributed by atoms with Crippen molar-refractivity contribution in [2.45, 2.75) is 13.1 Å². The summed E-state index contributed by atoms with van der Waals surface area (Å²) in [6.07, 6.45) is 0. The largest absolute Gasteiger partial charge is 0.507 e. The summed E-state index contributed by atoms with van der Waals surface area (Å²) < 4.78 is 6.01. The van der Waals surface area contributed by atoms with Gasteiger partial charge in [-0.05, 0) is 39.7 Å². The predicted molar refractivity (Wildman–Crippen MR) is 79.3 cm³/mol. The highest BCUT2D eigenvalue weighted by Gasteiger charge is 2.02. The van der Waals surface area contributed by atoms with Crippen molar-refractivity contribution in [1.82, 2.24) is 5.32 Å². The average molecular weight is 322 g/mol. The second-order valence-electron chi connectivity index (χ2n) is 4.20. The Morgan fingerprint density at radius 2 is 1.95 bits per heavy atom. The number of hydrogen-bond acceptors (Lipinski definition) is 3. The maximum atomic E-state index is 9.43. The van der Waals surface area contributed by atoms with Crippen molar-refractivity contribution in [3.05, 3.63) is 58.1 Å². The monoisotopic (exact) mass is 321 g/mol. The molecule has 0 saturated carbocycles. The van der Waals surface area contributed by atoms with E-state index in [1.54, 1.807) is 13.2 Å². The maximum Gasteiger partial charge on any atom is 0.129 e. The van der Waals surface area contributed by atoms with Crippen LogP contribution in [0, 0.1) is 0 Å². The third-order valence-electron chi connectivity index (χ3n) is 2.85. The molecule has 3 nitrogen and oxygen atoms in total. The van der Waals surface area contributed by atoms with Gasteiger partial charge in [0, 0.05) is 18.7 Å². The van der Waals surface area contributed by atoms with Gasteiger partial charge in [-0.2, -0.15) is 0 Å². The molecule has 0 radical (unpaired) electrons. The number of para-hydroxylation sites is 1. The van der Waals surface area contributed by atoms with Gasteiger partial charge in [-0.25, -0.2) is 0 Å². The van der Waals surface area contributed by atoms with Gasteiger partial charge < -0.3 is 15.2 Å². The van der Waals surface area contributed by atoms with Crippen molar-refractivity contribution in [2.75, 3.05) is 7.11 Å². The van der Waals surface area contributed by atoms with Crippen LogP contribution in [0.5, 0.6) is 11.5 Å². The molecule has 19 heavy (non-hydrogen) atoms. The lowest BCUT2D eigenvalue weighted by molar-refractivity contribution is 0.407. The van der Waals surface area contributed by atoms with E-state index < -0.39 is 0 Å². The molecule has 2 aromatic carbocycles. The van der Waals surface area contributed by atoms with Crippen LogP contribution in [-0.4, -0.2) is 12.2 Å². The first-order chi connectivity index (χ1) is 9.20. The van der Waals surface area contributed by atoms with Crippen LogP contribution in [0.1, 0.15) is 11.1 Å². The Hall–Kier alpha value is -1.52. The summed E-state index contributed by atoms with van der Waals surface area (Å²) in [5.74, 6) is 1.15. The zero-order chi connectivity index (χ0) is 13.7. The second-order valence-corrected chi connectivity index (χ2v) is 5.06. The lowest BCUT2D eigenvalue weighted by Gasteiger charge is -2.10. The quantitative estimate of drug-likeness (QED) is 0.886. The van der Waals surface area contributed by atoms with E-state index in [1.165, 1.54) is 0 Å². The first-order valence-corrected chi connectivity index (χ1v) is 6.80. The molecule has 0 aliphatic heterocycles. The fourth-order valence-electron chi connectivity index (χ4n) is 1.85. The minimum atomic E-state index is 0.258. The molecule has 0 amide bonds. The molecule has 0 fully saturated rings. The zero-order valence-electron chi connectivity index (χ0n) is 10.7. The molecular weight excluding hydrogens is 306 g/mol. The van der Waals surface area contributed by atoms with Crippen molar-refractivity contribution < 1.29 is 9.84 Å². The van der Waals surface area contributed by atoms with E-state index in [1.807, 2.05) is 36.4 Å². The van der Waals surface area contributed by atoms with Gasteiger partial charge in [-0.15, -0.1) is 0 Å². The topological polar surface area (TPSA) is 41.5 Å². The smallest absolute Gasteiger partial charge is 0.129 e. The first-order valence-electron chi connectivity index (χ1n) is 6.00. The van der Waals surface area contributed by atoms with Crippen molar-refractivity contribution in [3.8, 4) is 11.5 Å². The second kappa shape index (κ2) is 6.59. The van der Waals surface area contributed by atoms with Crippen LogP contribution in [-0.2, 0) is 13.1 Å². The van der Waals surface area contributed by atoms with E-state index in [2.05, 4.69) is 21.2 Å². The molecule has 4 heteroatoms. The fraction of sp³-hybridized carbons (Fsp3) is 0.200. The van der Waals surface area contributed by atoms with Gasteiger partial charge in [0.2, 0.25) is 0 Å². The summed E-state index contributed by atoms with van der Waals surface area (Å²) in [5, 5.41) is 12.8. The molecule has 2 rings (SSSR count). The molecule has 0 spiro atoms. The summed E-state index contributed by atoms with van der Waals surface area (Å²) in [5.41, 5.74) is 2.24. The summed E-state index contributed by atoms with van der Waals surface area (Å²) >= 11 is 3.31. The lowest BCUT2D eigenvalue weighted by Crippen LogP contribution is -2.13. The van der Waals surface area contributed by atoms with Gasteiger partial charge in [0.15, 0.2) is 0 Å². The third kappa shape index (κ3) is 3.72. The molecule has 2 aromatic rings. The molecule has 0 aromatic heterocycles. The Morgan fingerprint density at radius 1 is 1.16 bits per heavy atom. The highest BCUT2D eigenvalue weighted by atomic mass is 79.9. The summed E-state index contributed by atoms with van der Waals surface area (Å²) in [7, 11) is 1.68. The highest BCUT2D eigenvalue weighted by molar-refractivity contribution is 9.10. The third-order valence-corrected chi connectivity index (χ3v) is 3.48. The van der Waals surface area contributed by atoms with Crippen molar-refractivity contribution >= 4 is 15.9 Å². The van der Waals surface area contributed by atoms with Gasteiger partial charge >= 0.3 is 0 Å². The zero-order valence-corrected chi connectivity index (χ0v) is 12.3. The van der Waals surface area contributed by atoms with Crippen LogP contribution >= 0.6 is 15.9 Å². The highest BCUT2D eigenvalue weighted by Crippen LogP contribution is 2.24. The summed E-state index contributed by atoms with van der Waals surface area (Å²) in [4.78, 5) is 0. The minimum Gasteiger partial charge on any atom is -0.507 e. The Balaban J connectivity index is 1.94. The maximum absolute atomic E-state index is 9.43. The van der Waals surface area contributed by atoms with Crippen molar-refractivity contribution in [3.63, 3.8) is 0 Å². The van der Waals surface area contributed by atoms with E-state index in [9.17, 15) is 5.11 Å². The van der Waals surface area contributed by atoms with E-state index in [4.69, 9.17) is 4.74 Å². The molecule has 0 aliphatic carbocycles. The Bertz CT molecular complexity index is 558. The van der Waals surface area contributed by atoms with Crippen LogP contribution in [0.15, 0.2) is 46.9 Å². The molecule has 0 aliphatic rings. The van der Waals surface area contributed by atoms with Crippen LogP contribution in [0.4, 0.5) is 0 Å². The summed E-state index contributed by atoms with van der Waals surface area (Å²) in [6.45, 7) is 1.47. The van der Waals surface area contributed by atoms with Crippen LogP contribution in [0.25, 0.3) is 0 Å². The van der Waals surface area contributed by atoms with Gasteiger partial charge in [-0.1, -0.05) is 24.3 Å². The molecular formula is C15H16BrNO2. The number of ether oxygens (including phenoxy) is 1. The van der Waals surface area contributed by atoms with Crippen LogP contribution < -0.4 is 10.1 Å². The van der Waals surface area contributed by atoms with Crippen molar-refractivity contribution in [2.24, 2.45) is 0 Å². The number of phenolic OH excluding ortho intramolecular Hbond substituents is 1. The molecule has 0 saturated heterocycles. The van der Waals surface area contributed by atoms with Gasteiger partial charge in [0.05, 0.1) is 11.6 Å². The minimum absolute atomic E-state index is 0.258. The van der Waals surface area contributed by atoms with Crippen LogP contribution in [0.2, 0.25) is 0 Å². The molecule has 2 N–H and O–H groups in total. The van der Waals surface area contributed by atoms with Gasteiger partial charge in [0.25, 0.3) is 0 Å². The summed E-state index contributed by atoms with van der Waals surface area (Å²) in [6, 6.07) is 13.4. The number of rotatable bonds is 5. The van der Waals surface area contributed by atoms with Gasteiger partial charge in [0.1, 0.15) is 11.5 Å². The molecule has 0 unspecified atom stereocenters. The number of hydrogen-bond donors (Lipinski definition) is 2.